The van der Waals surface area contributed by atoms with E-state index in [1.165, 1.54) is 6.07 Å². The lowest BCUT2D eigenvalue weighted by atomic mass is 9.88. The van der Waals surface area contributed by atoms with Crippen LogP contribution >= 0.6 is 0 Å². The first-order valence-electron chi connectivity index (χ1n) is 12.7. The van der Waals surface area contributed by atoms with Gasteiger partial charge in [-0.3, -0.25) is 9.79 Å². The number of hydrogen-bond donors (Lipinski definition) is 2. The summed E-state index contributed by atoms with van der Waals surface area (Å²) in [5.74, 6) is -0.0897. The van der Waals surface area contributed by atoms with Gasteiger partial charge in [-0.2, -0.15) is 0 Å². The number of aliphatic carboxylic acids is 1. The average Bonchev–Trinajstić information content (AvgIpc) is 3.47. The van der Waals surface area contributed by atoms with Crippen LogP contribution < -0.4 is 15.2 Å². The number of fused-ring (bicyclic) bond motifs is 2. The van der Waals surface area contributed by atoms with Gasteiger partial charge in [0.05, 0.1) is 13.0 Å². The van der Waals surface area contributed by atoms with Gasteiger partial charge in [-0.1, -0.05) is 24.3 Å². The molecule has 5 rings (SSSR count). The Labute approximate surface area is 221 Å². The fraction of sp³-hybridized carbons (Fsp3) is 0.290. The third-order valence-corrected chi connectivity index (χ3v) is 7.43. The van der Waals surface area contributed by atoms with Crippen LogP contribution in [0.15, 0.2) is 53.7 Å². The largest absolute Gasteiger partial charge is 0.492 e. The van der Waals surface area contributed by atoms with Crippen molar-refractivity contribution in [2.24, 2.45) is 10.7 Å². The molecule has 7 heteroatoms. The zero-order valence-corrected chi connectivity index (χ0v) is 21.8. The van der Waals surface area contributed by atoms with E-state index in [-0.39, 0.29) is 18.2 Å². The minimum atomic E-state index is -0.855. The fourth-order valence-electron chi connectivity index (χ4n) is 5.81. The highest BCUT2D eigenvalue weighted by Crippen LogP contribution is 2.45. The molecule has 0 spiro atoms. The van der Waals surface area contributed by atoms with Crippen molar-refractivity contribution in [3.05, 3.63) is 87.9 Å². The Morgan fingerprint density at radius 2 is 1.97 bits per heavy atom. The number of aryl methyl sites for hydroxylation is 2. The lowest BCUT2D eigenvalue weighted by Gasteiger charge is -2.19. The van der Waals surface area contributed by atoms with Crippen molar-refractivity contribution in [2.45, 2.75) is 45.1 Å². The van der Waals surface area contributed by atoms with Gasteiger partial charge in [-0.05, 0) is 72.2 Å². The summed E-state index contributed by atoms with van der Waals surface area (Å²) in [7, 11) is 1.71. The van der Waals surface area contributed by atoms with E-state index in [0.29, 0.717) is 36.5 Å². The second kappa shape index (κ2) is 10.3. The number of rotatable bonds is 7. The fourth-order valence-corrected chi connectivity index (χ4v) is 5.81. The maximum absolute atomic E-state index is 15.2. The molecule has 3 aromatic rings. The molecule has 1 unspecified atom stereocenters. The van der Waals surface area contributed by atoms with Crippen molar-refractivity contribution < 1.29 is 23.8 Å². The molecule has 0 bridgehead atoms. The predicted molar refractivity (Wildman–Crippen MR) is 147 cm³/mol. The highest BCUT2D eigenvalue weighted by atomic mass is 19.1. The van der Waals surface area contributed by atoms with Gasteiger partial charge in [-0.15, -0.1) is 0 Å². The molecule has 3 N–H and O–H groups in total. The summed E-state index contributed by atoms with van der Waals surface area (Å²) in [6.07, 6.45) is 4.24. The smallest absolute Gasteiger partial charge is 0.304 e. The van der Waals surface area contributed by atoms with Crippen molar-refractivity contribution in [1.29, 1.82) is 0 Å². The van der Waals surface area contributed by atoms with Crippen molar-refractivity contribution in [1.82, 2.24) is 0 Å². The van der Waals surface area contributed by atoms with E-state index in [0.717, 1.165) is 44.5 Å². The standard InChI is InChI=1S/C31H31FN2O4/c1-17-10-19(21(14-33)15-34-3)11-18(2)30(17)24-6-8-26(32)31-25(24)7-9-27(31)38-22-4-5-23-20(12-29(35)36)16-37-28(23)13-22/h4-6,8,10-11,13-15,20,27H,7,9,12,16,33H2,1-3H3,(H,35,36)/b21-14+,34-15?/t20?,27-/m1/s1. The molecule has 0 aromatic heterocycles. The summed E-state index contributed by atoms with van der Waals surface area (Å²) in [4.78, 5) is 15.2. The topological polar surface area (TPSA) is 94.1 Å². The van der Waals surface area contributed by atoms with Crippen LogP contribution in [-0.4, -0.2) is 30.9 Å². The van der Waals surface area contributed by atoms with E-state index in [1.807, 2.05) is 18.2 Å². The van der Waals surface area contributed by atoms with Gasteiger partial charge in [0.15, 0.2) is 0 Å². The van der Waals surface area contributed by atoms with Gasteiger partial charge in [0.2, 0.25) is 0 Å². The van der Waals surface area contributed by atoms with Crippen LogP contribution in [0.2, 0.25) is 0 Å². The zero-order chi connectivity index (χ0) is 27.0. The van der Waals surface area contributed by atoms with E-state index >= 15 is 4.39 Å². The maximum atomic E-state index is 15.2. The Morgan fingerprint density at radius 1 is 1.21 bits per heavy atom. The molecular weight excluding hydrogens is 483 g/mol. The molecule has 0 saturated heterocycles. The predicted octanol–water partition coefficient (Wildman–Crippen LogP) is 6.13. The number of benzene rings is 3. The molecule has 38 heavy (non-hydrogen) atoms. The van der Waals surface area contributed by atoms with Gasteiger partial charge in [0.1, 0.15) is 23.4 Å². The number of aliphatic imine (C=N–C) groups is 1. The van der Waals surface area contributed by atoms with Gasteiger partial charge >= 0.3 is 5.97 Å². The SMILES string of the molecule is CN=C/C(=C\N)c1cc(C)c(-c2ccc(F)c3c2CC[C@H]3Oc2ccc3c(c2)OCC3CC(=O)O)c(C)c1. The van der Waals surface area contributed by atoms with Crippen LogP contribution in [-0.2, 0) is 11.2 Å². The number of hydrogen-bond acceptors (Lipinski definition) is 5. The van der Waals surface area contributed by atoms with Gasteiger partial charge in [-0.25, -0.2) is 4.39 Å². The van der Waals surface area contributed by atoms with Gasteiger partial charge in [0.25, 0.3) is 0 Å². The first kappa shape index (κ1) is 25.5. The minimum absolute atomic E-state index is 0.0209. The molecule has 1 aliphatic carbocycles. The number of halogens is 1. The summed E-state index contributed by atoms with van der Waals surface area (Å²) in [6, 6.07) is 13.0. The van der Waals surface area contributed by atoms with E-state index in [1.54, 1.807) is 25.5 Å². The normalized spacial score (nSPS) is 18.4. The van der Waals surface area contributed by atoms with Crippen LogP contribution in [0.4, 0.5) is 4.39 Å². The molecule has 2 atom stereocenters. The minimum Gasteiger partial charge on any atom is -0.492 e. The lowest BCUT2D eigenvalue weighted by molar-refractivity contribution is -0.137. The first-order valence-corrected chi connectivity index (χ1v) is 12.7. The number of carbonyl (C=O) groups is 1. The van der Waals surface area contributed by atoms with Crippen LogP contribution in [0.3, 0.4) is 0 Å². The summed E-state index contributed by atoms with van der Waals surface area (Å²) in [6.45, 7) is 4.45. The van der Waals surface area contributed by atoms with E-state index in [9.17, 15) is 4.79 Å². The molecule has 0 amide bonds. The number of ether oxygens (including phenoxy) is 2. The molecule has 1 aliphatic heterocycles. The first-order chi connectivity index (χ1) is 18.3. The molecule has 6 nitrogen and oxygen atoms in total. The van der Waals surface area contributed by atoms with Crippen molar-refractivity contribution in [2.75, 3.05) is 13.7 Å². The average molecular weight is 515 g/mol. The van der Waals surface area contributed by atoms with Crippen LogP contribution in [0, 0.1) is 19.7 Å². The van der Waals surface area contributed by atoms with Crippen molar-refractivity contribution in [3.8, 4) is 22.6 Å². The third kappa shape index (κ3) is 4.64. The Balaban J connectivity index is 1.46. The Hall–Kier alpha value is -4.13. The van der Waals surface area contributed by atoms with Crippen LogP contribution in [0.25, 0.3) is 16.7 Å². The summed E-state index contributed by atoms with van der Waals surface area (Å²) in [5.41, 5.74) is 14.3. The second-order valence-corrected chi connectivity index (χ2v) is 9.93. The highest BCUT2D eigenvalue weighted by Gasteiger charge is 2.32. The number of carboxylic acids is 1. The molecule has 2 aliphatic rings. The molecule has 196 valence electrons. The Kier molecular flexibility index (Phi) is 6.93. The molecule has 3 aromatic carbocycles. The van der Waals surface area contributed by atoms with E-state index in [4.69, 9.17) is 20.3 Å². The van der Waals surface area contributed by atoms with Crippen molar-refractivity contribution in [3.63, 3.8) is 0 Å². The number of nitrogens with zero attached hydrogens (tertiary/aromatic N) is 1. The summed E-state index contributed by atoms with van der Waals surface area (Å²) >= 11 is 0. The Morgan fingerprint density at radius 3 is 2.66 bits per heavy atom. The van der Waals surface area contributed by atoms with Gasteiger partial charge in [0, 0.05) is 48.1 Å². The van der Waals surface area contributed by atoms with Gasteiger partial charge < -0.3 is 20.3 Å². The monoisotopic (exact) mass is 514 g/mol. The van der Waals surface area contributed by atoms with Crippen LogP contribution in [0.1, 0.15) is 58.2 Å². The molecule has 0 radical (unpaired) electrons. The van der Waals surface area contributed by atoms with Crippen molar-refractivity contribution >= 4 is 17.8 Å². The Bertz CT molecular complexity index is 1450. The molecule has 1 heterocycles. The molecular formula is C31H31FN2O4. The zero-order valence-electron chi connectivity index (χ0n) is 21.8. The third-order valence-electron chi connectivity index (χ3n) is 7.43. The lowest BCUT2D eigenvalue weighted by Crippen LogP contribution is -2.07. The molecule has 0 saturated carbocycles. The number of nitrogens with two attached hydrogens (primary N) is 1. The summed E-state index contributed by atoms with van der Waals surface area (Å²) in [5, 5.41) is 9.14. The summed E-state index contributed by atoms with van der Waals surface area (Å²) < 4.78 is 27.3. The quantitative estimate of drug-likeness (QED) is 0.370. The molecule has 0 fully saturated rings. The number of allylic oxidation sites excluding steroid dienone is 1. The van der Waals surface area contributed by atoms with Crippen LogP contribution in [0.5, 0.6) is 11.5 Å². The van der Waals surface area contributed by atoms with E-state index < -0.39 is 12.1 Å². The second-order valence-electron chi connectivity index (χ2n) is 9.93. The number of carboxylic acid groups (broad SMARTS) is 1. The maximum Gasteiger partial charge on any atom is 0.304 e. The van der Waals surface area contributed by atoms with E-state index in [2.05, 4.69) is 31.0 Å². The highest BCUT2D eigenvalue weighted by molar-refractivity contribution is 6.09.